The molecular formula is C11H18N2O3. The van der Waals surface area contributed by atoms with Gasteiger partial charge in [0.05, 0.1) is 11.6 Å². The van der Waals surface area contributed by atoms with Crippen LogP contribution in [0.2, 0.25) is 0 Å². The zero-order chi connectivity index (χ0) is 12.1. The quantitative estimate of drug-likeness (QED) is 0.796. The molecule has 0 aromatic carbocycles. The Morgan fingerprint density at radius 3 is 2.81 bits per heavy atom. The third-order valence-electron chi connectivity index (χ3n) is 2.62. The van der Waals surface area contributed by atoms with Crippen LogP contribution in [0.5, 0.6) is 0 Å². The van der Waals surface area contributed by atoms with Gasteiger partial charge in [-0.2, -0.15) is 0 Å². The van der Waals surface area contributed by atoms with E-state index in [0.29, 0.717) is 13.1 Å². The molecule has 0 bridgehead atoms. The lowest BCUT2D eigenvalue weighted by molar-refractivity contribution is -0.141. The largest absolute Gasteiger partial charge is 0.481 e. The Kier molecular flexibility index (Phi) is 4.49. The van der Waals surface area contributed by atoms with E-state index in [9.17, 15) is 4.79 Å². The number of carboxylic acid groups (broad SMARTS) is 1. The maximum Gasteiger partial charge on any atom is 0.307 e. The molecule has 16 heavy (non-hydrogen) atoms. The fourth-order valence-electron chi connectivity index (χ4n) is 1.46. The van der Waals surface area contributed by atoms with Crippen molar-refractivity contribution >= 4 is 5.97 Å². The maximum absolute atomic E-state index is 10.8. The van der Waals surface area contributed by atoms with Gasteiger partial charge in [0.15, 0.2) is 6.39 Å². The first-order chi connectivity index (χ1) is 7.54. The van der Waals surface area contributed by atoms with Gasteiger partial charge in [-0.3, -0.25) is 9.69 Å². The Morgan fingerprint density at radius 2 is 2.38 bits per heavy atom. The van der Waals surface area contributed by atoms with Crippen LogP contribution < -0.4 is 0 Å². The van der Waals surface area contributed by atoms with Crippen LogP contribution in [0.25, 0.3) is 0 Å². The highest BCUT2D eigenvalue weighted by molar-refractivity contribution is 5.69. The number of nitrogens with zero attached hydrogens (tertiary/aromatic N) is 2. The van der Waals surface area contributed by atoms with E-state index in [1.807, 2.05) is 18.7 Å². The summed E-state index contributed by atoms with van der Waals surface area (Å²) in [5.41, 5.74) is 0.874. The van der Waals surface area contributed by atoms with Crippen molar-refractivity contribution in [2.24, 2.45) is 5.92 Å². The summed E-state index contributed by atoms with van der Waals surface area (Å²) in [5, 5.41) is 8.85. The molecule has 90 valence electrons. The minimum absolute atomic E-state index is 0.368. The zero-order valence-electron chi connectivity index (χ0n) is 9.93. The van der Waals surface area contributed by atoms with E-state index in [1.54, 1.807) is 6.92 Å². The van der Waals surface area contributed by atoms with Crippen LogP contribution in [-0.2, 0) is 11.3 Å². The third-order valence-corrected chi connectivity index (χ3v) is 2.62. The number of aryl methyl sites for hydroxylation is 1. The molecule has 5 nitrogen and oxygen atoms in total. The summed E-state index contributed by atoms with van der Waals surface area (Å²) < 4.78 is 5.11. The van der Waals surface area contributed by atoms with Gasteiger partial charge in [0.1, 0.15) is 5.76 Å². The molecule has 0 saturated heterocycles. The van der Waals surface area contributed by atoms with Gasteiger partial charge in [-0.05, 0) is 13.5 Å². The molecule has 0 amide bonds. The summed E-state index contributed by atoms with van der Waals surface area (Å²) in [6.07, 6.45) is 1.42. The second-order valence-corrected chi connectivity index (χ2v) is 3.92. The summed E-state index contributed by atoms with van der Waals surface area (Å²) in [7, 11) is 0. The lowest BCUT2D eigenvalue weighted by Gasteiger charge is -2.21. The number of aliphatic carboxylic acids is 1. The van der Waals surface area contributed by atoms with E-state index in [2.05, 4.69) is 4.98 Å². The Balaban J connectivity index is 2.56. The van der Waals surface area contributed by atoms with Gasteiger partial charge in [-0.25, -0.2) is 4.98 Å². The molecule has 1 atom stereocenters. The van der Waals surface area contributed by atoms with E-state index in [0.717, 1.165) is 18.0 Å². The van der Waals surface area contributed by atoms with Crippen molar-refractivity contribution in [3.05, 3.63) is 17.8 Å². The van der Waals surface area contributed by atoms with E-state index in [4.69, 9.17) is 9.52 Å². The molecule has 1 aromatic rings. The molecule has 1 unspecified atom stereocenters. The van der Waals surface area contributed by atoms with Crippen LogP contribution in [-0.4, -0.2) is 34.0 Å². The molecule has 0 fully saturated rings. The van der Waals surface area contributed by atoms with E-state index >= 15 is 0 Å². The van der Waals surface area contributed by atoms with Crippen LogP contribution in [0.3, 0.4) is 0 Å². The fraction of sp³-hybridized carbons (Fsp3) is 0.636. The number of hydrogen-bond donors (Lipinski definition) is 1. The standard InChI is InChI=1S/C11H18N2O3/c1-4-13(5-8(2)11(14)15)6-10-9(3)16-7-12-10/h7-8H,4-6H2,1-3H3,(H,14,15). The Bertz CT molecular complexity index is 349. The minimum Gasteiger partial charge on any atom is -0.481 e. The van der Waals surface area contributed by atoms with Crippen LogP contribution in [0.1, 0.15) is 25.3 Å². The Hall–Kier alpha value is -1.36. The first-order valence-corrected chi connectivity index (χ1v) is 5.38. The van der Waals surface area contributed by atoms with Crippen molar-refractivity contribution in [3.63, 3.8) is 0 Å². The average Bonchev–Trinajstić information content (AvgIpc) is 2.63. The molecule has 0 saturated carbocycles. The zero-order valence-corrected chi connectivity index (χ0v) is 9.93. The first-order valence-electron chi connectivity index (χ1n) is 5.38. The highest BCUT2D eigenvalue weighted by atomic mass is 16.4. The predicted octanol–water partition coefficient (Wildman–Crippen LogP) is 1.53. The van der Waals surface area contributed by atoms with E-state index in [-0.39, 0.29) is 5.92 Å². The Labute approximate surface area is 95.1 Å². The molecule has 1 heterocycles. The molecule has 0 radical (unpaired) electrons. The van der Waals surface area contributed by atoms with Crippen LogP contribution in [0, 0.1) is 12.8 Å². The lowest BCUT2D eigenvalue weighted by Crippen LogP contribution is -2.31. The molecule has 0 aliphatic rings. The molecule has 0 spiro atoms. The minimum atomic E-state index is -0.768. The van der Waals surface area contributed by atoms with Crippen LogP contribution in [0.4, 0.5) is 0 Å². The van der Waals surface area contributed by atoms with Gasteiger partial charge in [0.2, 0.25) is 0 Å². The molecule has 1 N–H and O–H groups in total. The average molecular weight is 226 g/mol. The fourth-order valence-corrected chi connectivity index (χ4v) is 1.46. The smallest absolute Gasteiger partial charge is 0.307 e. The Morgan fingerprint density at radius 1 is 1.69 bits per heavy atom. The third kappa shape index (κ3) is 3.34. The second kappa shape index (κ2) is 5.65. The molecule has 0 aliphatic heterocycles. The van der Waals surface area contributed by atoms with Crippen molar-refractivity contribution in [1.82, 2.24) is 9.88 Å². The number of oxazole rings is 1. The molecule has 1 aromatic heterocycles. The highest BCUT2D eigenvalue weighted by Gasteiger charge is 2.16. The van der Waals surface area contributed by atoms with Gasteiger partial charge in [0.25, 0.3) is 0 Å². The van der Waals surface area contributed by atoms with Gasteiger partial charge in [-0.1, -0.05) is 13.8 Å². The van der Waals surface area contributed by atoms with Gasteiger partial charge in [-0.15, -0.1) is 0 Å². The lowest BCUT2D eigenvalue weighted by atomic mass is 10.1. The predicted molar refractivity (Wildman–Crippen MR) is 59.0 cm³/mol. The van der Waals surface area contributed by atoms with Crippen molar-refractivity contribution in [2.45, 2.75) is 27.3 Å². The number of carbonyl (C=O) groups is 1. The van der Waals surface area contributed by atoms with Gasteiger partial charge in [0, 0.05) is 13.1 Å². The SMILES string of the molecule is CCN(Cc1ncoc1C)CC(C)C(=O)O. The summed E-state index contributed by atoms with van der Waals surface area (Å²) >= 11 is 0. The van der Waals surface area contributed by atoms with Gasteiger partial charge < -0.3 is 9.52 Å². The van der Waals surface area contributed by atoms with E-state index < -0.39 is 5.97 Å². The van der Waals surface area contributed by atoms with Crippen molar-refractivity contribution in [2.75, 3.05) is 13.1 Å². The number of rotatable bonds is 6. The molecular weight excluding hydrogens is 208 g/mol. The van der Waals surface area contributed by atoms with Crippen molar-refractivity contribution in [3.8, 4) is 0 Å². The number of hydrogen-bond acceptors (Lipinski definition) is 4. The van der Waals surface area contributed by atoms with Crippen molar-refractivity contribution < 1.29 is 14.3 Å². The number of aromatic nitrogens is 1. The number of carboxylic acids is 1. The molecule has 0 aliphatic carbocycles. The summed E-state index contributed by atoms with van der Waals surface area (Å²) in [6.45, 7) is 7.53. The summed E-state index contributed by atoms with van der Waals surface area (Å²) in [6, 6.07) is 0. The van der Waals surface area contributed by atoms with Gasteiger partial charge >= 0.3 is 5.97 Å². The van der Waals surface area contributed by atoms with E-state index in [1.165, 1.54) is 6.39 Å². The summed E-state index contributed by atoms with van der Waals surface area (Å²) in [5.74, 6) is -0.344. The summed E-state index contributed by atoms with van der Waals surface area (Å²) in [4.78, 5) is 16.9. The second-order valence-electron chi connectivity index (χ2n) is 3.92. The first kappa shape index (κ1) is 12.7. The molecule has 5 heteroatoms. The van der Waals surface area contributed by atoms with Crippen molar-refractivity contribution in [1.29, 1.82) is 0 Å². The molecule has 1 rings (SSSR count). The van der Waals surface area contributed by atoms with Crippen LogP contribution in [0.15, 0.2) is 10.8 Å². The normalized spacial score (nSPS) is 13.0. The monoisotopic (exact) mass is 226 g/mol. The highest BCUT2D eigenvalue weighted by Crippen LogP contribution is 2.10. The van der Waals surface area contributed by atoms with Crippen LogP contribution >= 0.6 is 0 Å². The topological polar surface area (TPSA) is 66.6 Å². The maximum atomic E-state index is 10.8.